The third-order valence-electron chi connectivity index (χ3n) is 6.99. The van der Waals surface area contributed by atoms with Crippen molar-refractivity contribution in [1.29, 1.82) is 0 Å². The number of likely N-dealkylation sites (tertiary alicyclic amines) is 1. The Labute approximate surface area is 168 Å². The number of pyridine rings is 1. The Hall–Kier alpha value is -2.66. The molecule has 0 spiro atoms. The predicted octanol–water partition coefficient (Wildman–Crippen LogP) is 3.06. The Morgan fingerprint density at radius 2 is 1.86 bits per heavy atom. The highest BCUT2D eigenvalue weighted by Gasteiger charge is 2.34. The first-order valence-electron chi connectivity index (χ1n) is 10.6. The van der Waals surface area contributed by atoms with E-state index in [1.54, 1.807) is 12.1 Å². The summed E-state index contributed by atoms with van der Waals surface area (Å²) in [7, 11) is 0. The SMILES string of the molecule is O=c1cc(CN2C[C@@H]3C[C@H](C2)c2cccc(=O)n2C3)c2cc3c(cc2o1)CCC3. The Kier molecular flexibility index (Phi) is 3.81. The molecule has 5 nitrogen and oxygen atoms in total. The molecule has 0 N–H and O–H groups in total. The molecule has 148 valence electrons. The number of rotatable bonds is 2. The second-order valence-corrected chi connectivity index (χ2v) is 8.95. The second kappa shape index (κ2) is 6.42. The molecule has 3 aliphatic rings. The third kappa shape index (κ3) is 2.87. The lowest BCUT2D eigenvalue weighted by Gasteiger charge is -2.42. The van der Waals surface area contributed by atoms with Crippen molar-refractivity contribution < 1.29 is 4.42 Å². The van der Waals surface area contributed by atoms with Gasteiger partial charge in [0, 0.05) is 55.3 Å². The molecular weight excluding hydrogens is 364 g/mol. The number of hydrogen-bond acceptors (Lipinski definition) is 4. The first-order chi connectivity index (χ1) is 14.1. The molecule has 1 saturated heterocycles. The molecule has 6 rings (SSSR count). The number of nitrogens with zero attached hydrogens (tertiary/aromatic N) is 2. The third-order valence-corrected chi connectivity index (χ3v) is 6.99. The molecule has 0 amide bonds. The molecule has 2 aromatic heterocycles. The van der Waals surface area contributed by atoms with Crippen LogP contribution in [0.4, 0.5) is 0 Å². The zero-order valence-corrected chi connectivity index (χ0v) is 16.4. The summed E-state index contributed by atoms with van der Waals surface area (Å²) in [6, 6.07) is 11.6. The van der Waals surface area contributed by atoms with Gasteiger partial charge in [0.1, 0.15) is 5.58 Å². The number of fused-ring (bicyclic) bond motifs is 6. The van der Waals surface area contributed by atoms with Crippen LogP contribution in [0.2, 0.25) is 0 Å². The summed E-state index contributed by atoms with van der Waals surface area (Å²) in [4.78, 5) is 26.9. The largest absolute Gasteiger partial charge is 0.423 e. The average molecular weight is 388 g/mol. The van der Waals surface area contributed by atoms with E-state index in [0.717, 1.165) is 67.7 Å². The van der Waals surface area contributed by atoms with Crippen molar-refractivity contribution in [3.05, 3.63) is 79.6 Å². The molecule has 4 heterocycles. The van der Waals surface area contributed by atoms with Gasteiger partial charge >= 0.3 is 5.63 Å². The maximum absolute atomic E-state index is 12.2. The minimum atomic E-state index is -0.264. The van der Waals surface area contributed by atoms with Crippen molar-refractivity contribution in [2.45, 2.75) is 44.7 Å². The molecule has 0 saturated carbocycles. The van der Waals surface area contributed by atoms with Gasteiger partial charge in [0.15, 0.2) is 0 Å². The molecule has 0 unspecified atom stereocenters. The minimum Gasteiger partial charge on any atom is -0.423 e. The van der Waals surface area contributed by atoms with Crippen molar-refractivity contribution in [1.82, 2.24) is 9.47 Å². The summed E-state index contributed by atoms with van der Waals surface area (Å²) in [5.74, 6) is 0.865. The highest BCUT2D eigenvalue weighted by atomic mass is 16.4. The number of piperidine rings is 1. The number of hydrogen-bond donors (Lipinski definition) is 0. The van der Waals surface area contributed by atoms with Gasteiger partial charge in [0.25, 0.3) is 5.56 Å². The lowest BCUT2D eigenvalue weighted by Crippen LogP contribution is -2.46. The van der Waals surface area contributed by atoms with Gasteiger partial charge in [-0.15, -0.1) is 0 Å². The van der Waals surface area contributed by atoms with Crippen molar-refractivity contribution in [2.75, 3.05) is 13.1 Å². The Morgan fingerprint density at radius 1 is 1.00 bits per heavy atom. The summed E-state index contributed by atoms with van der Waals surface area (Å²) in [6.45, 7) is 3.44. The standard InChI is InChI=1S/C24H24N2O3/c27-23-6-2-5-21-19-7-15(12-26(21)23)11-25(14-19)13-18-10-24(28)29-22-9-17-4-1-3-16(17)8-20(18)22/h2,5-6,8-10,15,19H,1,3-4,7,11-14H2/t15-,19+/m0/s1. The average Bonchev–Trinajstić information content (AvgIpc) is 3.15. The highest BCUT2D eigenvalue weighted by Crippen LogP contribution is 2.36. The molecule has 1 aliphatic carbocycles. The molecule has 5 heteroatoms. The van der Waals surface area contributed by atoms with E-state index in [9.17, 15) is 9.59 Å². The molecule has 2 aliphatic heterocycles. The fraction of sp³-hybridized carbons (Fsp3) is 0.417. The van der Waals surface area contributed by atoms with Crippen LogP contribution in [-0.2, 0) is 25.9 Å². The van der Waals surface area contributed by atoms with E-state index in [-0.39, 0.29) is 11.2 Å². The van der Waals surface area contributed by atoms with Crippen molar-refractivity contribution in [3.8, 4) is 0 Å². The van der Waals surface area contributed by atoms with Gasteiger partial charge in [0.05, 0.1) is 0 Å². The fourth-order valence-electron chi connectivity index (χ4n) is 5.79. The van der Waals surface area contributed by atoms with E-state index in [1.807, 2.05) is 10.6 Å². The summed E-state index contributed by atoms with van der Waals surface area (Å²) in [5.41, 5.74) is 5.53. The molecule has 29 heavy (non-hydrogen) atoms. The summed E-state index contributed by atoms with van der Waals surface area (Å²) < 4.78 is 7.50. The summed E-state index contributed by atoms with van der Waals surface area (Å²) in [6.07, 6.45) is 4.52. The topological polar surface area (TPSA) is 55.5 Å². The predicted molar refractivity (Wildman–Crippen MR) is 111 cm³/mol. The van der Waals surface area contributed by atoms with Crippen molar-refractivity contribution >= 4 is 11.0 Å². The molecule has 3 aromatic rings. The van der Waals surface area contributed by atoms with Crippen LogP contribution in [0.3, 0.4) is 0 Å². The van der Waals surface area contributed by atoms with Gasteiger partial charge < -0.3 is 8.98 Å². The van der Waals surface area contributed by atoms with E-state index in [0.29, 0.717) is 11.8 Å². The van der Waals surface area contributed by atoms with Crippen LogP contribution in [0.25, 0.3) is 11.0 Å². The molecule has 1 aromatic carbocycles. The summed E-state index contributed by atoms with van der Waals surface area (Å²) >= 11 is 0. The van der Waals surface area contributed by atoms with Crippen LogP contribution in [0.5, 0.6) is 0 Å². The minimum absolute atomic E-state index is 0.117. The van der Waals surface area contributed by atoms with Crippen LogP contribution < -0.4 is 11.2 Å². The first-order valence-corrected chi connectivity index (χ1v) is 10.6. The quantitative estimate of drug-likeness (QED) is 0.633. The molecule has 2 bridgehead atoms. The lowest BCUT2D eigenvalue weighted by atomic mass is 9.83. The first kappa shape index (κ1) is 17.2. The maximum Gasteiger partial charge on any atom is 0.336 e. The van der Waals surface area contributed by atoms with Crippen LogP contribution in [0, 0.1) is 5.92 Å². The van der Waals surface area contributed by atoms with Gasteiger partial charge in [-0.2, -0.15) is 0 Å². The van der Waals surface area contributed by atoms with E-state index in [2.05, 4.69) is 23.1 Å². The zero-order chi connectivity index (χ0) is 19.5. The fourth-order valence-corrected chi connectivity index (χ4v) is 5.79. The van der Waals surface area contributed by atoms with Gasteiger partial charge in [-0.05, 0) is 66.5 Å². The van der Waals surface area contributed by atoms with Crippen LogP contribution in [0.15, 0.2) is 50.4 Å². The second-order valence-electron chi connectivity index (χ2n) is 8.95. The lowest BCUT2D eigenvalue weighted by molar-refractivity contribution is 0.114. The molecule has 2 atom stereocenters. The maximum atomic E-state index is 12.2. The monoisotopic (exact) mass is 388 g/mol. The van der Waals surface area contributed by atoms with Crippen LogP contribution in [-0.4, -0.2) is 22.6 Å². The van der Waals surface area contributed by atoms with Crippen LogP contribution in [0.1, 0.15) is 41.1 Å². The van der Waals surface area contributed by atoms with Gasteiger partial charge in [-0.1, -0.05) is 6.07 Å². The highest BCUT2D eigenvalue weighted by molar-refractivity contribution is 5.82. The van der Waals surface area contributed by atoms with Crippen molar-refractivity contribution in [2.24, 2.45) is 5.92 Å². The van der Waals surface area contributed by atoms with Gasteiger partial charge in [-0.25, -0.2) is 4.79 Å². The summed E-state index contributed by atoms with van der Waals surface area (Å²) in [5, 5.41) is 1.08. The number of aryl methyl sites for hydroxylation is 2. The van der Waals surface area contributed by atoms with Gasteiger partial charge in [-0.3, -0.25) is 9.69 Å². The number of aromatic nitrogens is 1. The normalized spacial score (nSPS) is 23.2. The van der Waals surface area contributed by atoms with E-state index in [1.165, 1.54) is 17.5 Å². The smallest absolute Gasteiger partial charge is 0.336 e. The van der Waals surface area contributed by atoms with E-state index < -0.39 is 0 Å². The molecule has 0 radical (unpaired) electrons. The Bertz CT molecular complexity index is 1240. The van der Waals surface area contributed by atoms with Crippen molar-refractivity contribution in [3.63, 3.8) is 0 Å². The molecule has 1 fully saturated rings. The zero-order valence-electron chi connectivity index (χ0n) is 16.4. The Morgan fingerprint density at radius 3 is 2.76 bits per heavy atom. The Balaban J connectivity index is 1.35. The van der Waals surface area contributed by atoms with E-state index in [4.69, 9.17) is 4.42 Å². The van der Waals surface area contributed by atoms with Gasteiger partial charge in [0.2, 0.25) is 0 Å². The molecular formula is C24H24N2O3. The number of benzene rings is 1. The van der Waals surface area contributed by atoms with E-state index >= 15 is 0 Å². The van der Waals surface area contributed by atoms with Crippen LogP contribution >= 0.6 is 0 Å².